The maximum atomic E-state index is 6.70. The lowest BCUT2D eigenvalue weighted by molar-refractivity contribution is 0.00578. The summed E-state index contributed by atoms with van der Waals surface area (Å²) in [6.45, 7) is 8.46. The summed E-state index contributed by atoms with van der Waals surface area (Å²) >= 11 is 9.65. The number of halogens is 1. The van der Waals surface area contributed by atoms with Crippen molar-refractivity contribution in [3.63, 3.8) is 0 Å². The predicted molar refractivity (Wildman–Crippen MR) is 514 cm³/mol. The molecule has 1 aliphatic rings. The quantitative estimate of drug-likeness (QED) is 0.122. The van der Waals surface area contributed by atoms with E-state index in [-0.39, 0.29) is 5.28 Å². The molecule has 0 N–H and O–H groups in total. The highest BCUT2D eigenvalue weighted by Crippen LogP contribution is 2.49. The van der Waals surface area contributed by atoms with Crippen molar-refractivity contribution in [2.24, 2.45) is 0 Å². The van der Waals surface area contributed by atoms with Crippen LogP contribution in [0.4, 0.5) is 0 Å². The first-order chi connectivity index (χ1) is 60.8. The molecule has 0 radical (unpaired) electrons. The van der Waals surface area contributed by atoms with Crippen LogP contribution < -0.4 is 5.46 Å². The first kappa shape index (κ1) is 74.5. The van der Waals surface area contributed by atoms with Gasteiger partial charge in [0.2, 0.25) is 5.28 Å². The summed E-state index contributed by atoms with van der Waals surface area (Å²) in [5.74, 6) is 3.00. The molecule has 12 nitrogen and oxygen atoms in total. The lowest BCUT2D eigenvalue weighted by Gasteiger charge is -2.32. The molecule has 8 aromatic heterocycles. The first-order valence-electron chi connectivity index (χ1n) is 41.4. The average Bonchev–Trinajstić information content (AvgIpc) is 1.56. The van der Waals surface area contributed by atoms with Crippen molar-refractivity contribution < 1.29 is 18.1 Å². The minimum absolute atomic E-state index is 0.191. The monoisotopic (exact) mass is 1650 g/mol. The molecule has 0 aliphatic carbocycles. The Kier molecular flexibility index (Phi) is 18.0. The molecule has 0 amide bonds. The third kappa shape index (κ3) is 12.8. The third-order valence-corrected chi connectivity index (χ3v) is 27.0. The van der Waals surface area contributed by atoms with Crippen molar-refractivity contribution in [2.75, 3.05) is 0 Å². The molecular weight excluding hydrogens is 1580 g/mol. The summed E-state index contributed by atoms with van der Waals surface area (Å²) in [4.78, 5) is 28.8. The minimum atomic E-state index is -0.496. The smallest absolute Gasteiger partial charge is 0.455 e. The lowest BCUT2D eigenvalue weighted by atomic mass is 9.78. The molecule has 0 saturated carbocycles. The molecule has 25 rings (SSSR count). The Morgan fingerprint density at radius 2 is 0.597 bits per heavy atom. The number of hydrogen-bond acceptors (Lipinski definition) is 12. The van der Waals surface area contributed by atoms with Gasteiger partial charge in [-0.2, -0.15) is 9.97 Å². The van der Waals surface area contributed by atoms with Gasteiger partial charge in [-0.05, 0) is 146 Å². The topological polar surface area (TPSA) is 132 Å². The van der Waals surface area contributed by atoms with E-state index < -0.39 is 18.3 Å². The van der Waals surface area contributed by atoms with Gasteiger partial charge in [-0.25, -0.2) is 19.9 Å². The Morgan fingerprint density at radius 3 is 1.02 bits per heavy atom. The fourth-order valence-corrected chi connectivity index (χ4v) is 20.2. The molecule has 0 atom stereocenters. The van der Waals surface area contributed by atoms with E-state index >= 15 is 0 Å². The standard InChI is InChI=1S/C51H30N4OS.C36H28BNO3S.C21H14ClN3/c1-3-13-31(14-4-1)32-23-25-34(26-24-32)50-52-49(33-15-5-2-6-16-33)53-51(54-50)41-30-35(55-42-20-10-7-17-36(42)37-18-8-11-21-43(37)55)29-40-46-45(57-48(40)41)28-27-39-38-19-9-12-22-44(38)56-47(39)46;1-35(2)36(3,4)41-37(40-35)27-20-21(38-28-14-8-5-11-22(28)23-12-6-9-15-29(23)38)19-26-32-31(42-34(26)27)18-17-25-24-13-7-10-16-30(24)39-33(25)32;22-21-24-19(17-9-5-2-6-10-17)23-20(25-21)18-13-11-16(12-14-18)15-7-3-1-4-8-15/h1-30H;5-20H,1-4H3;1-14H. The molecule has 590 valence electrons. The zero-order valence-electron chi connectivity index (χ0n) is 67.6. The number of furan rings is 2. The van der Waals surface area contributed by atoms with Crippen LogP contribution >= 0.6 is 34.3 Å². The molecule has 24 aromatic rings. The summed E-state index contributed by atoms with van der Waals surface area (Å²) < 4.78 is 36.0. The van der Waals surface area contributed by atoms with Gasteiger partial charge in [-0.3, -0.25) is 0 Å². The van der Waals surface area contributed by atoms with Crippen LogP contribution in [0, 0.1) is 0 Å². The second-order valence-corrected chi connectivity index (χ2v) is 34.8. The Hall–Kier alpha value is -14.5. The minimum Gasteiger partial charge on any atom is -0.455 e. The second kappa shape index (κ2) is 30.0. The maximum absolute atomic E-state index is 6.70. The maximum Gasteiger partial charge on any atom is 0.496 e. The molecule has 1 fully saturated rings. The van der Waals surface area contributed by atoms with Crippen molar-refractivity contribution >= 4 is 175 Å². The number of thiophene rings is 2. The van der Waals surface area contributed by atoms with E-state index in [1.807, 2.05) is 97.1 Å². The number of rotatable bonds is 10. The summed E-state index contributed by atoms with van der Waals surface area (Å²) in [5.41, 5.74) is 19.7. The van der Waals surface area contributed by atoms with Gasteiger partial charge in [0.1, 0.15) is 22.3 Å². The summed E-state index contributed by atoms with van der Waals surface area (Å²) in [6, 6.07) is 126. The van der Waals surface area contributed by atoms with Crippen LogP contribution in [0.3, 0.4) is 0 Å². The van der Waals surface area contributed by atoms with Crippen molar-refractivity contribution in [2.45, 2.75) is 38.9 Å². The van der Waals surface area contributed by atoms with E-state index in [0.717, 1.165) is 147 Å². The van der Waals surface area contributed by atoms with Crippen LogP contribution in [0.1, 0.15) is 27.7 Å². The van der Waals surface area contributed by atoms with Crippen LogP contribution in [0.5, 0.6) is 0 Å². The van der Waals surface area contributed by atoms with Gasteiger partial charge >= 0.3 is 7.12 Å². The molecular formula is C108H72BClN8O4S2. The molecule has 0 bridgehead atoms. The number of fused-ring (bicyclic) bond motifs is 20. The highest BCUT2D eigenvalue weighted by atomic mass is 35.5. The Morgan fingerprint density at radius 1 is 0.282 bits per heavy atom. The van der Waals surface area contributed by atoms with E-state index in [9.17, 15) is 0 Å². The van der Waals surface area contributed by atoms with Gasteiger partial charge in [0.05, 0.1) is 33.3 Å². The highest BCUT2D eigenvalue weighted by Gasteiger charge is 2.52. The summed E-state index contributed by atoms with van der Waals surface area (Å²) in [5, 5.41) is 14.1. The van der Waals surface area contributed by atoms with Gasteiger partial charge in [0.25, 0.3) is 0 Å². The Bertz CT molecular complexity index is 8210. The van der Waals surface area contributed by atoms with Crippen molar-refractivity contribution in [1.82, 2.24) is 39.0 Å². The fraction of sp³-hybridized carbons (Fsp3) is 0.0556. The van der Waals surface area contributed by atoms with Gasteiger partial charge in [-0.15, -0.1) is 22.7 Å². The van der Waals surface area contributed by atoms with Crippen molar-refractivity contribution in [1.29, 1.82) is 0 Å². The highest BCUT2D eigenvalue weighted by molar-refractivity contribution is 7.27. The van der Waals surface area contributed by atoms with Gasteiger partial charge in [-0.1, -0.05) is 279 Å². The SMILES string of the molecule is CC1(C)OB(c2cc(-n3c4ccccc4c4ccccc43)cc3c2sc2ccc4c5ccccc5oc4c23)OC1(C)C.Clc1nc(-c2ccccc2)nc(-c2ccc(-c3ccccc3)cc2)n1.c1ccc(-c2ccc(-c3nc(-c4ccccc4)nc(-c4cc(-n5c6ccccc6c6ccccc65)cc5c4sc4ccc6c7ccccc7oc6c45)n3)cc2)cc1. The van der Waals surface area contributed by atoms with Crippen LogP contribution in [0.15, 0.2) is 373 Å². The van der Waals surface area contributed by atoms with Gasteiger partial charge in [0, 0.05) is 128 Å². The molecule has 16 heteroatoms. The molecule has 0 spiro atoms. The van der Waals surface area contributed by atoms with Crippen LogP contribution in [-0.4, -0.2) is 57.4 Å². The second-order valence-electron chi connectivity index (χ2n) is 32.3. The number of nitrogens with zero attached hydrogens (tertiary/aromatic N) is 8. The van der Waals surface area contributed by atoms with Crippen LogP contribution in [-0.2, 0) is 9.31 Å². The van der Waals surface area contributed by atoms with E-state index in [2.05, 4.69) is 319 Å². The average molecular weight is 1660 g/mol. The Balaban J connectivity index is 0.000000116. The fourth-order valence-electron chi connectivity index (χ4n) is 17.7. The molecule has 0 unspecified atom stereocenters. The molecule has 9 heterocycles. The van der Waals surface area contributed by atoms with Crippen LogP contribution in [0.25, 0.3) is 218 Å². The van der Waals surface area contributed by atoms with E-state index in [4.69, 9.17) is 44.7 Å². The summed E-state index contributed by atoms with van der Waals surface area (Å²) in [6.07, 6.45) is 0. The lowest BCUT2D eigenvalue weighted by Crippen LogP contribution is -2.41. The zero-order valence-corrected chi connectivity index (χ0v) is 70.0. The van der Waals surface area contributed by atoms with Crippen molar-refractivity contribution in [3.05, 3.63) is 369 Å². The Labute approximate surface area is 725 Å². The van der Waals surface area contributed by atoms with Gasteiger partial charge in [0.15, 0.2) is 29.1 Å². The molecule has 124 heavy (non-hydrogen) atoms. The third-order valence-electron chi connectivity index (χ3n) is 24.4. The molecule has 1 aliphatic heterocycles. The largest absolute Gasteiger partial charge is 0.496 e. The number of para-hydroxylation sites is 6. The number of benzene rings is 16. The zero-order chi connectivity index (χ0) is 82.9. The van der Waals surface area contributed by atoms with Gasteiger partial charge < -0.3 is 27.3 Å². The number of aromatic nitrogens is 8. The number of hydrogen-bond donors (Lipinski definition) is 0. The van der Waals surface area contributed by atoms with Crippen LogP contribution in [0.2, 0.25) is 5.28 Å². The molecule has 16 aromatic carbocycles. The van der Waals surface area contributed by atoms with E-state index in [1.54, 1.807) is 22.7 Å². The summed E-state index contributed by atoms with van der Waals surface area (Å²) in [7, 11) is -0.496. The predicted octanol–water partition coefficient (Wildman–Crippen LogP) is 28.8. The molecule has 1 saturated heterocycles. The normalized spacial score (nSPS) is 13.2. The van der Waals surface area contributed by atoms with E-state index in [0.29, 0.717) is 29.1 Å². The first-order valence-corrected chi connectivity index (χ1v) is 43.4. The van der Waals surface area contributed by atoms with E-state index in [1.165, 1.54) is 47.5 Å². The van der Waals surface area contributed by atoms with Crippen molar-refractivity contribution in [3.8, 4) is 90.6 Å².